The molecule has 0 amide bonds. The Bertz CT molecular complexity index is 845. The molecule has 0 N–H and O–H groups in total. The van der Waals surface area contributed by atoms with E-state index in [1.165, 1.54) is 20.9 Å². The minimum absolute atomic E-state index is 0.629. The van der Waals surface area contributed by atoms with Crippen LogP contribution < -0.4 is 9.47 Å². The van der Waals surface area contributed by atoms with E-state index in [1.807, 2.05) is 36.4 Å². The van der Waals surface area contributed by atoms with E-state index in [0.717, 1.165) is 17.9 Å². The summed E-state index contributed by atoms with van der Waals surface area (Å²) in [7, 11) is 0. The smallest absolute Gasteiger partial charge is 0.122 e. The van der Waals surface area contributed by atoms with Crippen molar-refractivity contribution in [2.24, 2.45) is 0 Å². The van der Waals surface area contributed by atoms with E-state index < -0.39 is 0 Å². The van der Waals surface area contributed by atoms with Crippen molar-refractivity contribution in [1.82, 2.24) is 0 Å². The molecule has 2 nitrogen and oxygen atoms in total. The molecule has 0 aliphatic heterocycles. The maximum absolute atomic E-state index is 5.82. The van der Waals surface area contributed by atoms with Gasteiger partial charge in [0.15, 0.2) is 0 Å². The lowest BCUT2D eigenvalue weighted by Crippen LogP contribution is -1.94. The van der Waals surface area contributed by atoms with Gasteiger partial charge >= 0.3 is 0 Å². The van der Waals surface area contributed by atoms with Crippen LogP contribution in [-0.4, -0.2) is 0 Å². The Morgan fingerprint density at radius 1 is 0.556 bits per heavy atom. The third kappa shape index (κ3) is 5.22. The Balaban J connectivity index is 1.29. The van der Waals surface area contributed by atoms with Gasteiger partial charge in [0.1, 0.15) is 24.7 Å². The third-order valence-corrected chi connectivity index (χ3v) is 5.88. The highest BCUT2D eigenvalue weighted by molar-refractivity contribution is 7.10. The van der Waals surface area contributed by atoms with Crippen molar-refractivity contribution >= 4 is 22.7 Å². The first-order chi connectivity index (χ1) is 13.3. The van der Waals surface area contributed by atoms with Crippen LogP contribution in [0, 0.1) is 0 Å². The quantitative estimate of drug-likeness (QED) is 0.338. The van der Waals surface area contributed by atoms with Crippen LogP contribution in [-0.2, 0) is 19.6 Å². The van der Waals surface area contributed by atoms with Crippen LogP contribution in [0.4, 0.5) is 0 Å². The van der Waals surface area contributed by atoms with Gasteiger partial charge < -0.3 is 9.47 Å². The van der Waals surface area contributed by atoms with Crippen LogP contribution in [0.3, 0.4) is 0 Å². The van der Waals surface area contributed by atoms with Crippen molar-refractivity contribution in [2.75, 3.05) is 0 Å². The maximum atomic E-state index is 5.82. The highest BCUT2D eigenvalue weighted by Crippen LogP contribution is 2.20. The lowest BCUT2D eigenvalue weighted by molar-refractivity contribution is 0.310. The second-order valence-electron chi connectivity index (χ2n) is 6.20. The Hall–Kier alpha value is -2.56. The maximum Gasteiger partial charge on any atom is 0.122 e. The number of hydrogen-bond acceptors (Lipinski definition) is 4. The molecule has 0 saturated carbocycles. The van der Waals surface area contributed by atoms with Gasteiger partial charge in [0, 0.05) is 9.75 Å². The number of thiophene rings is 2. The van der Waals surface area contributed by atoms with Gasteiger partial charge in [0.25, 0.3) is 0 Å². The molecule has 0 aliphatic rings. The predicted molar refractivity (Wildman–Crippen MR) is 113 cm³/mol. The highest BCUT2D eigenvalue weighted by Gasteiger charge is 2.01. The van der Waals surface area contributed by atoms with Gasteiger partial charge in [0.2, 0.25) is 0 Å². The molecular formula is C23H20O2S2. The van der Waals surface area contributed by atoms with E-state index in [-0.39, 0.29) is 0 Å². The van der Waals surface area contributed by atoms with Crippen LogP contribution in [0.25, 0.3) is 0 Å². The number of ether oxygens (including phenoxy) is 2. The van der Waals surface area contributed by atoms with E-state index in [1.54, 1.807) is 22.7 Å². The largest absolute Gasteiger partial charge is 0.488 e. The molecule has 2 aromatic carbocycles. The van der Waals surface area contributed by atoms with Crippen molar-refractivity contribution in [3.8, 4) is 11.5 Å². The summed E-state index contributed by atoms with van der Waals surface area (Å²) in [6, 6.07) is 25.0. The lowest BCUT2D eigenvalue weighted by atomic mass is 10.0. The molecule has 4 heteroatoms. The zero-order valence-electron chi connectivity index (χ0n) is 14.8. The summed E-state index contributed by atoms with van der Waals surface area (Å²) in [6.45, 7) is 1.26. The standard InChI is InChI=1S/C23H20O2S2/c1-3-22(26-13-1)16-24-20-9-5-18(6-10-20)15-19-7-11-21(12-8-19)25-17-23-4-2-14-27-23/h1-14H,15-17H2. The van der Waals surface area contributed by atoms with Crippen LogP contribution in [0.1, 0.15) is 20.9 Å². The Labute approximate surface area is 167 Å². The molecule has 0 atom stereocenters. The topological polar surface area (TPSA) is 18.5 Å². The predicted octanol–water partition coefficient (Wildman–Crippen LogP) is 6.56. The lowest BCUT2D eigenvalue weighted by Gasteiger charge is -2.08. The van der Waals surface area contributed by atoms with E-state index in [4.69, 9.17) is 9.47 Å². The molecule has 0 radical (unpaired) electrons. The second-order valence-corrected chi connectivity index (χ2v) is 8.27. The molecule has 0 unspecified atom stereocenters. The van der Waals surface area contributed by atoms with Crippen LogP contribution in [0.2, 0.25) is 0 Å². The fourth-order valence-corrected chi connectivity index (χ4v) is 3.97. The average molecular weight is 393 g/mol. The number of rotatable bonds is 8. The minimum Gasteiger partial charge on any atom is -0.488 e. The van der Waals surface area contributed by atoms with Crippen LogP contribution in [0.15, 0.2) is 83.6 Å². The molecule has 136 valence electrons. The summed E-state index contributed by atoms with van der Waals surface area (Å²) in [5.74, 6) is 1.81. The average Bonchev–Trinajstić information content (AvgIpc) is 3.41. The Morgan fingerprint density at radius 2 is 1.00 bits per heavy atom. The summed E-state index contributed by atoms with van der Waals surface area (Å²) in [5, 5.41) is 4.14. The molecular weight excluding hydrogens is 372 g/mol. The minimum atomic E-state index is 0.629. The molecule has 0 fully saturated rings. The van der Waals surface area contributed by atoms with Crippen molar-refractivity contribution in [2.45, 2.75) is 19.6 Å². The molecule has 4 aromatic rings. The fourth-order valence-electron chi connectivity index (χ4n) is 2.74. The van der Waals surface area contributed by atoms with Gasteiger partial charge in [-0.25, -0.2) is 0 Å². The molecule has 27 heavy (non-hydrogen) atoms. The second kappa shape index (κ2) is 8.89. The van der Waals surface area contributed by atoms with E-state index in [0.29, 0.717) is 13.2 Å². The van der Waals surface area contributed by atoms with Gasteiger partial charge in [-0.1, -0.05) is 36.4 Å². The normalized spacial score (nSPS) is 10.7. The summed E-state index contributed by atoms with van der Waals surface area (Å²) in [5.41, 5.74) is 2.54. The van der Waals surface area contributed by atoms with Crippen molar-refractivity contribution < 1.29 is 9.47 Å². The first-order valence-corrected chi connectivity index (χ1v) is 10.6. The summed E-state index contributed by atoms with van der Waals surface area (Å²) in [6.07, 6.45) is 0.899. The Kier molecular flexibility index (Phi) is 5.87. The summed E-state index contributed by atoms with van der Waals surface area (Å²) in [4.78, 5) is 2.47. The van der Waals surface area contributed by atoms with Gasteiger partial charge in [-0.2, -0.15) is 0 Å². The van der Waals surface area contributed by atoms with Crippen molar-refractivity contribution in [3.05, 3.63) is 104 Å². The Morgan fingerprint density at radius 3 is 1.37 bits per heavy atom. The fraction of sp³-hybridized carbons (Fsp3) is 0.130. The van der Waals surface area contributed by atoms with Crippen molar-refractivity contribution in [3.63, 3.8) is 0 Å². The third-order valence-electron chi connectivity index (χ3n) is 4.18. The zero-order valence-corrected chi connectivity index (χ0v) is 16.5. The first-order valence-electron chi connectivity index (χ1n) is 8.83. The van der Waals surface area contributed by atoms with E-state index in [2.05, 4.69) is 47.2 Å². The van der Waals surface area contributed by atoms with Gasteiger partial charge in [-0.3, -0.25) is 0 Å². The molecule has 0 bridgehead atoms. The van der Waals surface area contributed by atoms with Gasteiger partial charge in [-0.15, -0.1) is 22.7 Å². The molecule has 2 aromatic heterocycles. The van der Waals surface area contributed by atoms with E-state index >= 15 is 0 Å². The SMILES string of the molecule is c1csc(COc2ccc(Cc3ccc(OCc4cccs4)cc3)cc2)c1. The molecule has 0 aliphatic carbocycles. The van der Waals surface area contributed by atoms with Crippen LogP contribution >= 0.6 is 22.7 Å². The number of hydrogen-bond donors (Lipinski definition) is 0. The molecule has 4 rings (SSSR count). The first kappa shape index (κ1) is 17.8. The number of benzene rings is 2. The zero-order chi connectivity index (χ0) is 18.3. The van der Waals surface area contributed by atoms with E-state index in [9.17, 15) is 0 Å². The van der Waals surface area contributed by atoms with Gasteiger partial charge in [0.05, 0.1) is 0 Å². The van der Waals surface area contributed by atoms with Crippen molar-refractivity contribution in [1.29, 1.82) is 0 Å². The van der Waals surface area contributed by atoms with Gasteiger partial charge in [-0.05, 0) is 64.7 Å². The monoisotopic (exact) mass is 392 g/mol. The van der Waals surface area contributed by atoms with Crippen LogP contribution in [0.5, 0.6) is 11.5 Å². The molecule has 0 saturated heterocycles. The highest BCUT2D eigenvalue weighted by atomic mass is 32.1. The summed E-state index contributed by atoms with van der Waals surface area (Å²) < 4.78 is 11.6. The summed E-state index contributed by atoms with van der Waals surface area (Å²) >= 11 is 3.43. The molecule has 0 spiro atoms. The molecule has 2 heterocycles.